The molecule has 1 atom stereocenters. The normalized spacial score (nSPS) is 12.6. The quantitative estimate of drug-likeness (QED) is 0.549. The van der Waals surface area contributed by atoms with Gasteiger partial charge in [-0.05, 0) is 34.1 Å². The van der Waals surface area contributed by atoms with Crippen molar-refractivity contribution in [1.82, 2.24) is 10.6 Å². The van der Waals surface area contributed by atoms with Crippen molar-refractivity contribution in [2.45, 2.75) is 52.2 Å². The monoisotopic (exact) mass is 314 g/mol. The molecule has 0 bridgehead atoms. The maximum absolute atomic E-state index is 11.8. The second-order valence-electron chi connectivity index (χ2n) is 5.58. The van der Waals surface area contributed by atoms with Crippen molar-refractivity contribution >= 4 is 18.0 Å². The van der Waals surface area contributed by atoms with Crippen LogP contribution in [0.1, 0.15) is 40.5 Å². The second kappa shape index (κ2) is 9.81. The fourth-order valence-electron chi connectivity index (χ4n) is 1.47. The van der Waals surface area contributed by atoms with E-state index in [-0.39, 0.29) is 18.9 Å². The first kappa shape index (κ1) is 19.9. The van der Waals surface area contributed by atoms with Crippen molar-refractivity contribution < 1.29 is 23.9 Å². The van der Waals surface area contributed by atoms with Crippen LogP contribution in [0.15, 0.2) is 12.2 Å². The maximum atomic E-state index is 11.8. The molecule has 0 rings (SSSR count). The second-order valence-corrected chi connectivity index (χ2v) is 5.58. The molecule has 0 aromatic heterocycles. The molecule has 126 valence electrons. The van der Waals surface area contributed by atoms with Crippen LogP contribution >= 0.6 is 0 Å². The third kappa shape index (κ3) is 10.7. The Kier molecular flexibility index (Phi) is 8.89. The standard InChI is InChI=1S/C15H26N2O5/c1-6-21-13(19)10-8-11(7-9-12(18)16-5)17-14(20)22-15(2,3)4/h8,10-11H,6-7,9H2,1-5H3,(H,16,18)(H,17,20)/b10-8+/t11-/m0/s1. The first-order valence-corrected chi connectivity index (χ1v) is 7.23. The summed E-state index contributed by atoms with van der Waals surface area (Å²) in [5, 5.41) is 5.11. The lowest BCUT2D eigenvalue weighted by molar-refractivity contribution is -0.137. The molecule has 0 spiro atoms. The zero-order chi connectivity index (χ0) is 17.2. The van der Waals surface area contributed by atoms with E-state index in [1.165, 1.54) is 19.2 Å². The highest BCUT2D eigenvalue weighted by atomic mass is 16.6. The first-order chi connectivity index (χ1) is 10.2. The fourth-order valence-corrected chi connectivity index (χ4v) is 1.47. The van der Waals surface area contributed by atoms with Crippen LogP contribution in [-0.4, -0.2) is 43.3 Å². The van der Waals surface area contributed by atoms with Crippen molar-refractivity contribution in [1.29, 1.82) is 0 Å². The molecule has 0 fully saturated rings. The van der Waals surface area contributed by atoms with Gasteiger partial charge in [0.2, 0.25) is 5.91 Å². The van der Waals surface area contributed by atoms with Gasteiger partial charge < -0.3 is 20.1 Å². The number of nitrogens with one attached hydrogen (secondary N) is 2. The molecule has 0 heterocycles. The summed E-state index contributed by atoms with van der Waals surface area (Å²) in [4.78, 5) is 34.4. The molecule has 0 saturated heterocycles. The molecule has 0 aliphatic rings. The van der Waals surface area contributed by atoms with Crippen LogP contribution in [0.2, 0.25) is 0 Å². The molecule has 0 unspecified atom stereocenters. The summed E-state index contributed by atoms with van der Waals surface area (Å²) in [5.74, 6) is -0.654. The van der Waals surface area contributed by atoms with E-state index in [1.54, 1.807) is 27.7 Å². The number of carbonyl (C=O) groups is 3. The Balaban J connectivity index is 4.67. The molecule has 7 heteroatoms. The maximum Gasteiger partial charge on any atom is 0.408 e. The van der Waals surface area contributed by atoms with Crippen LogP contribution in [0, 0.1) is 0 Å². The van der Waals surface area contributed by atoms with Gasteiger partial charge in [-0.25, -0.2) is 9.59 Å². The molecule has 0 aliphatic carbocycles. The Morgan fingerprint density at radius 2 is 1.86 bits per heavy atom. The van der Waals surface area contributed by atoms with E-state index in [0.717, 1.165) is 0 Å². The van der Waals surface area contributed by atoms with Crippen LogP contribution in [0.5, 0.6) is 0 Å². The lowest BCUT2D eigenvalue weighted by atomic mass is 10.1. The van der Waals surface area contributed by atoms with Gasteiger partial charge in [-0.2, -0.15) is 0 Å². The van der Waals surface area contributed by atoms with Gasteiger partial charge in [0.1, 0.15) is 5.60 Å². The lowest BCUT2D eigenvalue weighted by Crippen LogP contribution is -2.39. The Hall–Kier alpha value is -2.05. The molecule has 0 aromatic rings. The van der Waals surface area contributed by atoms with Gasteiger partial charge in [-0.1, -0.05) is 6.08 Å². The van der Waals surface area contributed by atoms with Crippen molar-refractivity contribution in [3.8, 4) is 0 Å². The molecule has 0 saturated carbocycles. The van der Waals surface area contributed by atoms with Crippen LogP contribution < -0.4 is 10.6 Å². The number of ether oxygens (including phenoxy) is 2. The Bertz CT molecular complexity index is 413. The number of rotatable bonds is 7. The minimum atomic E-state index is -0.625. The van der Waals surface area contributed by atoms with Gasteiger partial charge >= 0.3 is 12.1 Å². The molecule has 0 aromatic carbocycles. The lowest BCUT2D eigenvalue weighted by Gasteiger charge is -2.22. The average Bonchev–Trinajstić information content (AvgIpc) is 2.39. The molecule has 22 heavy (non-hydrogen) atoms. The van der Waals surface area contributed by atoms with Crippen molar-refractivity contribution in [2.75, 3.05) is 13.7 Å². The van der Waals surface area contributed by atoms with E-state index >= 15 is 0 Å². The molecule has 2 N–H and O–H groups in total. The van der Waals surface area contributed by atoms with Gasteiger partial charge in [-0.3, -0.25) is 4.79 Å². The van der Waals surface area contributed by atoms with E-state index in [4.69, 9.17) is 9.47 Å². The summed E-state index contributed by atoms with van der Waals surface area (Å²) in [6, 6.07) is -0.503. The van der Waals surface area contributed by atoms with Crippen LogP contribution in [0.25, 0.3) is 0 Å². The summed E-state index contributed by atoms with van der Waals surface area (Å²) in [6.45, 7) is 7.22. The summed E-state index contributed by atoms with van der Waals surface area (Å²) in [5.41, 5.74) is -0.625. The number of amides is 2. The molecule has 0 aliphatic heterocycles. The Labute approximate surface area is 131 Å². The average molecular weight is 314 g/mol. The fraction of sp³-hybridized carbons (Fsp3) is 0.667. The number of carbonyl (C=O) groups excluding carboxylic acids is 3. The van der Waals surface area contributed by atoms with Crippen LogP contribution in [0.4, 0.5) is 4.79 Å². The summed E-state index contributed by atoms with van der Waals surface area (Å²) in [7, 11) is 1.53. The van der Waals surface area contributed by atoms with E-state index in [9.17, 15) is 14.4 Å². The minimum absolute atomic E-state index is 0.152. The van der Waals surface area contributed by atoms with E-state index in [0.29, 0.717) is 6.42 Å². The SMILES string of the molecule is CCOC(=O)/C=C/[C@H](CCC(=O)NC)NC(=O)OC(C)(C)C. The Morgan fingerprint density at radius 1 is 1.23 bits per heavy atom. The van der Waals surface area contributed by atoms with E-state index < -0.39 is 23.7 Å². The zero-order valence-corrected chi connectivity index (χ0v) is 13.9. The molecule has 0 radical (unpaired) electrons. The first-order valence-electron chi connectivity index (χ1n) is 7.23. The number of esters is 1. The van der Waals surface area contributed by atoms with E-state index in [2.05, 4.69) is 10.6 Å². The molecular weight excluding hydrogens is 288 g/mol. The van der Waals surface area contributed by atoms with E-state index in [1.807, 2.05) is 0 Å². The third-order valence-corrected chi connectivity index (χ3v) is 2.41. The molecule has 2 amide bonds. The Morgan fingerprint density at radius 3 is 2.36 bits per heavy atom. The van der Waals surface area contributed by atoms with Gasteiger partial charge in [0.05, 0.1) is 12.6 Å². The third-order valence-electron chi connectivity index (χ3n) is 2.41. The number of alkyl carbamates (subject to hydrolysis) is 1. The smallest absolute Gasteiger partial charge is 0.408 e. The minimum Gasteiger partial charge on any atom is -0.463 e. The highest BCUT2D eigenvalue weighted by Crippen LogP contribution is 2.08. The van der Waals surface area contributed by atoms with Gasteiger partial charge in [0, 0.05) is 19.5 Å². The predicted molar refractivity (Wildman–Crippen MR) is 82.2 cm³/mol. The van der Waals surface area contributed by atoms with Crippen molar-refractivity contribution in [3.63, 3.8) is 0 Å². The summed E-state index contributed by atoms with van der Waals surface area (Å²) >= 11 is 0. The number of hydrogen-bond acceptors (Lipinski definition) is 5. The topological polar surface area (TPSA) is 93.7 Å². The van der Waals surface area contributed by atoms with Crippen LogP contribution in [0.3, 0.4) is 0 Å². The van der Waals surface area contributed by atoms with Crippen LogP contribution in [-0.2, 0) is 19.1 Å². The zero-order valence-electron chi connectivity index (χ0n) is 13.9. The predicted octanol–water partition coefficient (Wildman–Crippen LogP) is 1.53. The largest absolute Gasteiger partial charge is 0.463 e. The van der Waals surface area contributed by atoms with Crippen molar-refractivity contribution in [2.24, 2.45) is 0 Å². The van der Waals surface area contributed by atoms with Gasteiger partial charge in [-0.15, -0.1) is 0 Å². The highest BCUT2D eigenvalue weighted by Gasteiger charge is 2.19. The van der Waals surface area contributed by atoms with Gasteiger partial charge in [0.25, 0.3) is 0 Å². The highest BCUT2D eigenvalue weighted by molar-refractivity contribution is 5.82. The molecule has 7 nitrogen and oxygen atoms in total. The number of hydrogen-bond donors (Lipinski definition) is 2. The van der Waals surface area contributed by atoms with Gasteiger partial charge in [0.15, 0.2) is 0 Å². The van der Waals surface area contributed by atoms with Crippen molar-refractivity contribution in [3.05, 3.63) is 12.2 Å². The molecular formula is C15H26N2O5. The summed E-state index contributed by atoms with van der Waals surface area (Å²) < 4.78 is 9.93. The summed E-state index contributed by atoms with van der Waals surface area (Å²) in [6.07, 6.45) is 2.67.